The summed E-state index contributed by atoms with van der Waals surface area (Å²) in [5.74, 6) is 0.527. The molecule has 3 nitrogen and oxygen atoms in total. The predicted molar refractivity (Wildman–Crippen MR) is 71.7 cm³/mol. The van der Waals surface area contributed by atoms with Crippen LogP contribution in [0.25, 0.3) is 0 Å². The summed E-state index contributed by atoms with van der Waals surface area (Å²) in [7, 11) is 0. The monoisotopic (exact) mass is 241 g/mol. The average Bonchev–Trinajstić information content (AvgIpc) is 2.40. The molecule has 0 aliphatic carbocycles. The van der Waals surface area contributed by atoms with Gasteiger partial charge in [-0.05, 0) is 31.2 Å². The molecule has 0 heterocycles. The number of anilines is 1. The lowest BCUT2D eigenvalue weighted by Crippen LogP contribution is -2.20. The second-order valence-corrected chi connectivity index (χ2v) is 4.02. The van der Waals surface area contributed by atoms with E-state index >= 15 is 0 Å². The van der Waals surface area contributed by atoms with Gasteiger partial charge in [-0.15, -0.1) is 0 Å². The Balaban J connectivity index is 1.84. The smallest absolute Gasteiger partial charge is 0.262 e. The van der Waals surface area contributed by atoms with Crippen LogP contribution in [0.2, 0.25) is 0 Å². The molecule has 0 aliphatic heterocycles. The molecule has 0 saturated carbocycles. The number of amides is 1. The Morgan fingerprint density at radius 3 is 2.39 bits per heavy atom. The van der Waals surface area contributed by atoms with Gasteiger partial charge in [0.05, 0.1) is 0 Å². The van der Waals surface area contributed by atoms with Crippen LogP contribution in [-0.4, -0.2) is 12.5 Å². The highest BCUT2D eigenvalue weighted by atomic mass is 16.5. The van der Waals surface area contributed by atoms with Crippen molar-refractivity contribution in [1.82, 2.24) is 0 Å². The molecule has 0 radical (unpaired) electrons. The molecule has 0 bridgehead atoms. The quantitative estimate of drug-likeness (QED) is 0.893. The van der Waals surface area contributed by atoms with E-state index in [2.05, 4.69) is 5.32 Å². The van der Waals surface area contributed by atoms with Crippen molar-refractivity contribution in [1.29, 1.82) is 0 Å². The zero-order chi connectivity index (χ0) is 12.8. The van der Waals surface area contributed by atoms with E-state index < -0.39 is 0 Å². The zero-order valence-corrected chi connectivity index (χ0v) is 10.2. The molecular weight excluding hydrogens is 226 g/mol. The van der Waals surface area contributed by atoms with Gasteiger partial charge in [0.2, 0.25) is 0 Å². The van der Waals surface area contributed by atoms with E-state index in [9.17, 15) is 4.79 Å². The largest absolute Gasteiger partial charge is 0.484 e. The Morgan fingerprint density at radius 2 is 1.72 bits per heavy atom. The summed E-state index contributed by atoms with van der Waals surface area (Å²) in [5, 5.41) is 2.78. The van der Waals surface area contributed by atoms with Gasteiger partial charge < -0.3 is 10.1 Å². The van der Waals surface area contributed by atoms with Crippen molar-refractivity contribution < 1.29 is 9.53 Å². The van der Waals surface area contributed by atoms with E-state index in [1.54, 1.807) is 0 Å². The lowest BCUT2D eigenvalue weighted by molar-refractivity contribution is -0.118. The van der Waals surface area contributed by atoms with Gasteiger partial charge in [-0.3, -0.25) is 4.79 Å². The molecule has 0 fully saturated rings. The van der Waals surface area contributed by atoms with Crippen LogP contribution in [0.15, 0.2) is 54.6 Å². The van der Waals surface area contributed by atoms with Crippen molar-refractivity contribution in [3.05, 3.63) is 60.2 Å². The van der Waals surface area contributed by atoms with Crippen molar-refractivity contribution in [3.8, 4) is 5.75 Å². The zero-order valence-electron chi connectivity index (χ0n) is 10.2. The molecule has 0 aliphatic rings. The number of ether oxygens (including phenoxy) is 1. The van der Waals surface area contributed by atoms with Crippen LogP contribution >= 0.6 is 0 Å². The number of benzene rings is 2. The Kier molecular flexibility index (Phi) is 3.97. The number of hydrogen-bond donors (Lipinski definition) is 1. The summed E-state index contributed by atoms with van der Waals surface area (Å²) >= 11 is 0. The standard InChI is InChI=1S/C15H15NO2/c1-12-7-9-13(10-8-12)16-15(17)11-18-14-5-3-2-4-6-14/h2-10H,11H2,1H3,(H,16,17). The Labute approximate surface area is 106 Å². The van der Waals surface area contributed by atoms with Crippen molar-refractivity contribution in [2.45, 2.75) is 6.92 Å². The number of nitrogens with one attached hydrogen (secondary N) is 1. The van der Waals surface area contributed by atoms with Gasteiger partial charge in [-0.2, -0.15) is 0 Å². The van der Waals surface area contributed by atoms with Crippen LogP contribution in [0.1, 0.15) is 5.56 Å². The fourth-order valence-electron chi connectivity index (χ4n) is 1.50. The van der Waals surface area contributed by atoms with Crippen LogP contribution in [0.4, 0.5) is 5.69 Å². The average molecular weight is 241 g/mol. The summed E-state index contributed by atoms with van der Waals surface area (Å²) < 4.78 is 5.35. The molecule has 1 N–H and O–H groups in total. The lowest BCUT2D eigenvalue weighted by atomic mass is 10.2. The third-order valence-electron chi connectivity index (χ3n) is 2.45. The molecule has 3 heteroatoms. The summed E-state index contributed by atoms with van der Waals surface area (Å²) in [6, 6.07) is 16.9. The van der Waals surface area contributed by atoms with E-state index in [0.717, 1.165) is 11.3 Å². The summed E-state index contributed by atoms with van der Waals surface area (Å²) in [6.07, 6.45) is 0. The van der Waals surface area contributed by atoms with Crippen LogP contribution < -0.4 is 10.1 Å². The van der Waals surface area contributed by atoms with Crippen LogP contribution in [0.5, 0.6) is 5.75 Å². The lowest BCUT2D eigenvalue weighted by Gasteiger charge is -2.07. The third-order valence-corrected chi connectivity index (χ3v) is 2.45. The van der Waals surface area contributed by atoms with Gasteiger partial charge in [0.1, 0.15) is 5.75 Å². The Morgan fingerprint density at radius 1 is 1.06 bits per heavy atom. The first-order chi connectivity index (χ1) is 8.74. The molecule has 18 heavy (non-hydrogen) atoms. The topological polar surface area (TPSA) is 38.3 Å². The van der Waals surface area contributed by atoms with Crippen molar-refractivity contribution in [2.75, 3.05) is 11.9 Å². The summed E-state index contributed by atoms with van der Waals surface area (Å²) in [6.45, 7) is 2.02. The maximum Gasteiger partial charge on any atom is 0.262 e. The van der Waals surface area contributed by atoms with Crippen molar-refractivity contribution in [2.24, 2.45) is 0 Å². The number of carbonyl (C=O) groups is 1. The second-order valence-electron chi connectivity index (χ2n) is 4.02. The fourth-order valence-corrected chi connectivity index (χ4v) is 1.50. The Hall–Kier alpha value is -2.29. The molecule has 0 saturated heterocycles. The maximum absolute atomic E-state index is 11.6. The van der Waals surface area contributed by atoms with Gasteiger partial charge in [-0.1, -0.05) is 35.9 Å². The molecule has 2 rings (SSSR count). The molecule has 0 spiro atoms. The molecule has 0 unspecified atom stereocenters. The van der Waals surface area contributed by atoms with E-state index in [0.29, 0.717) is 5.75 Å². The number of aryl methyl sites for hydroxylation is 1. The van der Waals surface area contributed by atoms with Gasteiger partial charge >= 0.3 is 0 Å². The maximum atomic E-state index is 11.6. The van der Waals surface area contributed by atoms with Gasteiger partial charge in [0, 0.05) is 5.69 Å². The molecule has 0 atom stereocenters. The third kappa shape index (κ3) is 3.63. The minimum atomic E-state index is -0.164. The van der Waals surface area contributed by atoms with Gasteiger partial charge in [0.25, 0.3) is 5.91 Å². The van der Waals surface area contributed by atoms with Crippen LogP contribution in [0.3, 0.4) is 0 Å². The number of hydrogen-bond acceptors (Lipinski definition) is 2. The minimum Gasteiger partial charge on any atom is -0.484 e. The first-order valence-corrected chi connectivity index (χ1v) is 5.78. The molecule has 0 aromatic heterocycles. The first-order valence-electron chi connectivity index (χ1n) is 5.78. The van der Waals surface area contributed by atoms with Crippen molar-refractivity contribution in [3.63, 3.8) is 0 Å². The fraction of sp³-hybridized carbons (Fsp3) is 0.133. The minimum absolute atomic E-state index is 0.0118. The molecule has 1 amide bonds. The second kappa shape index (κ2) is 5.87. The SMILES string of the molecule is Cc1ccc(NC(=O)COc2ccccc2)cc1. The van der Waals surface area contributed by atoms with Gasteiger partial charge in [0.15, 0.2) is 6.61 Å². The Bertz CT molecular complexity index is 506. The van der Waals surface area contributed by atoms with E-state index in [1.807, 2.05) is 61.5 Å². The summed E-state index contributed by atoms with van der Waals surface area (Å²) in [4.78, 5) is 11.6. The number of para-hydroxylation sites is 1. The number of carbonyl (C=O) groups excluding carboxylic acids is 1. The van der Waals surface area contributed by atoms with E-state index in [1.165, 1.54) is 0 Å². The van der Waals surface area contributed by atoms with E-state index in [4.69, 9.17) is 4.74 Å². The van der Waals surface area contributed by atoms with E-state index in [-0.39, 0.29) is 12.5 Å². The van der Waals surface area contributed by atoms with Gasteiger partial charge in [-0.25, -0.2) is 0 Å². The highest BCUT2D eigenvalue weighted by molar-refractivity contribution is 5.91. The first kappa shape index (κ1) is 12.2. The molecule has 92 valence electrons. The predicted octanol–water partition coefficient (Wildman–Crippen LogP) is 3.01. The highest BCUT2D eigenvalue weighted by Gasteiger charge is 2.03. The number of rotatable bonds is 4. The molecular formula is C15H15NO2. The van der Waals surface area contributed by atoms with Crippen LogP contribution in [0, 0.1) is 6.92 Å². The normalized spacial score (nSPS) is 9.83. The molecule has 2 aromatic carbocycles. The van der Waals surface area contributed by atoms with Crippen LogP contribution in [-0.2, 0) is 4.79 Å². The summed E-state index contributed by atoms with van der Waals surface area (Å²) in [5.41, 5.74) is 1.94. The molecule has 2 aromatic rings. The van der Waals surface area contributed by atoms with Crippen molar-refractivity contribution >= 4 is 11.6 Å². The highest BCUT2D eigenvalue weighted by Crippen LogP contribution is 2.10.